The van der Waals surface area contributed by atoms with Crippen LogP contribution in [0, 0.1) is 15.9 Å². The largest absolute Gasteiger partial charge is 0.478 e. The summed E-state index contributed by atoms with van der Waals surface area (Å²) in [5.41, 5.74) is -0.805. The summed E-state index contributed by atoms with van der Waals surface area (Å²) in [7, 11) is -3.90. The minimum Gasteiger partial charge on any atom is -0.478 e. The lowest BCUT2D eigenvalue weighted by Crippen LogP contribution is -2.30. The number of halogens is 1. The number of rotatable bonds is 9. The number of carbonyl (C=O) groups is 1. The van der Waals surface area contributed by atoms with Gasteiger partial charge in [0.05, 0.1) is 15.4 Å². The highest BCUT2D eigenvalue weighted by Gasteiger charge is 2.26. The maximum atomic E-state index is 13.6. The third-order valence-corrected chi connectivity index (χ3v) is 6.05. The summed E-state index contributed by atoms with van der Waals surface area (Å²) in [5, 5.41) is 11.4. The van der Waals surface area contributed by atoms with E-state index in [0.717, 1.165) is 22.5 Å². The highest BCUT2D eigenvalue weighted by Crippen LogP contribution is 2.31. The molecular weight excluding hydrogens is 391 g/mol. The fraction of sp³-hybridized carbons (Fsp3) is 0.278. The lowest BCUT2D eigenvalue weighted by atomic mass is 10.1. The van der Waals surface area contributed by atoms with E-state index >= 15 is 0 Å². The molecule has 0 spiro atoms. The average molecular weight is 410 g/mol. The second kappa shape index (κ2) is 8.89. The van der Waals surface area contributed by atoms with Gasteiger partial charge in [0.15, 0.2) is 12.4 Å². The van der Waals surface area contributed by atoms with Crippen LogP contribution in [0.1, 0.15) is 24.2 Å². The molecule has 0 aromatic heterocycles. The number of nitrogens with zero attached hydrogens (tertiary/aromatic N) is 2. The van der Waals surface area contributed by atoms with E-state index in [0.29, 0.717) is 0 Å². The zero-order valence-electron chi connectivity index (χ0n) is 15.3. The molecular formula is C18H19FN2O6S. The summed E-state index contributed by atoms with van der Waals surface area (Å²) in [6, 6.07) is 8.46. The van der Waals surface area contributed by atoms with Crippen LogP contribution in [0.3, 0.4) is 0 Å². The van der Waals surface area contributed by atoms with E-state index in [4.69, 9.17) is 4.74 Å². The average Bonchev–Trinajstić information content (AvgIpc) is 2.67. The molecule has 0 bridgehead atoms. The van der Waals surface area contributed by atoms with Crippen molar-refractivity contribution in [2.24, 2.45) is 0 Å². The zero-order chi connectivity index (χ0) is 20.9. The quantitative estimate of drug-likeness (QED) is 0.357. The van der Waals surface area contributed by atoms with Crippen LogP contribution in [-0.2, 0) is 10.0 Å². The molecule has 0 aliphatic heterocycles. The topological polar surface area (TPSA) is 107 Å². The van der Waals surface area contributed by atoms with Crippen molar-refractivity contribution in [2.75, 3.05) is 19.7 Å². The van der Waals surface area contributed by atoms with Gasteiger partial charge in [-0.3, -0.25) is 14.9 Å². The standard InChI is InChI=1S/C18H19FN2O6S/c1-3-20(4-2)28(25,26)13-9-10-18(16(11-13)21(23)24)27-12-17(22)14-7-5-6-8-15(14)19/h5-11H,3-4,12H2,1-2H3. The van der Waals surface area contributed by atoms with Crippen molar-refractivity contribution in [1.82, 2.24) is 4.31 Å². The van der Waals surface area contributed by atoms with Crippen molar-refractivity contribution in [1.29, 1.82) is 0 Å². The molecule has 0 saturated heterocycles. The summed E-state index contributed by atoms with van der Waals surface area (Å²) >= 11 is 0. The number of nitro groups is 1. The number of hydrogen-bond donors (Lipinski definition) is 0. The number of ether oxygens (including phenoxy) is 1. The maximum Gasteiger partial charge on any atom is 0.312 e. The number of sulfonamides is 1. The number of hydrogen-bond acceptors (Lipinski definition) is 6. The van der Waals surface area contributed by atoms with Crippen molar-refractivity contribution in [3.63, 3.8) is 0 Å². The molecule has 10 heteroatoms. The third-order valence-electron chi connectivity index (χ3n) is 4.00. The van der Waals surface area contributed by atoms with Crippen molar-refractivity contribution < 1.29 is 27.3 Å². The second-order valence-corrected chi connectivity index (χ2v) is 7.61. The van der Waals surface area contributed by atoms with E-state index in [2.05, 4.69) is 0 Å². The lowest BCUT2D eigenvalue weighted by Gasteiger charge is -2.18. The minimum atomic E-state index is -3.90. The van der Waals surface area contributed by atoms with Gasteiger partial charge >= 0.3 is 5.69 Å². The van der Waals surface area contributed by atoms with Crippen molar-refractivity contribution in [3.8, 4) is 5.75 Å². The second-order valence-electron chi connectivity index (χ2n) is 5.67. The van der Waals surface area contributed by atoms with Crippen LogP contribution in [0.15, 0.2) is 47.4 Å². The normalized spacial score (nSPS) is 11.4. The molecule has 150 valence electrons. The summed E-state index contributed by atoms with van der Waals surface area (Å²) < 4.78 is 45.1. The Morgan fingerprint density at radius 2 is 1.82 bits per heavy atom. The highest BCUT2D eigenvalue weighted by atomic mass is 32.2. The molecule has 0 unspecified atom stereocenters. The van der Waals surface area contributed by atoms with Gasteiger partial charge in [-0.25, -0.2) is 12.8 Å². The molecule has 0 amide bonds. The van der Waals surface area contributed by atoms with E-state index in [1.807, 2.05) is 0 Å². The van der Waals surface area contributed by atoms with E-state index in [9.17, 15) is 27.7 Å². The summed E-state index contributed by atoms with van der Waals surface area (Å²) in [6.07, 6.45) is 0. The molecule has 2 rings (SSSR count). The Bertz CT molecular complexity index is 989. The first-order chi connectivity index (χ1) is 13.2. The molecule has 0 fully saturated rings. The van der Waals surface area contributed by atoms with Gasteiger partial charge in [-0.2, -0.15) is 4.31 Å². The molecule has 0 atom stereocenters. The van der Waals surface area contributed by atoms with Gasteiger partial charge in [0.1, 0.15) is 5.82 Å². The van der Waals surface area contributed by atoms with E-state index in [-0.39, 0.29) is 29.3 Å². The number of ketones is 1. The molecule has 2 aromatic carbocycles. The number of carbonyl (C=O) groups excluding carboxylic acids is 1. The zero-order valence-corrected chi connectivity index (χ0v) is 16.1. The maximum absolute atomic E-state index is 13.6. The van der Waals surface area contributed by atoms with Crippen molar-refractivity contribution in [2.45, 2.75) is 18.7 Å². The monoisotopic (exact) mass is 410 g/mol. The fourth-order valence-electron chi connectivity index (χ4n) is 2.54. The predicted octanol–water partition coefficient (Wildman–Crippen LogP) is 3.03. The van der Waals surface area contributed by atoms with Crippen LogP contribution in [0.4, 0.5) is 10.1 Å². The molecule has 8 nitrogen and oxygen atoms in total. The Morgan fingerprint density at radius 3 is 2.39 bits per heavy atom. The molecule has 0 heterocycles. The Kier molecular flexibility index (Phi) is 6.81. The first-order valence-corrected chi connectivity index (χ1v) is 9.85. The van der Waals surface area contributed by atoms with Crippen molar-refractivity contribution in [3.05, 3.63) is 64.0 Å². The molecule has 0 N–H and O–H groups in total. The van der Waals surface area contributed by atoms with Crippen LogP contribution in [0.5, 0.6) is 5.75 Å². The van der Waals surface area contributed by atoms with E-state index < -0.39 is 38.8 Å². The molecule has 0 aliphatic carbocycles. The van der Waals surface area contributed by atoms with E-state index in [1.165, 1.54) is 24.3 Å². The van der Waals surface area contributed by atoms with Crippen LogP contribution in [0.2, 0.25) is 0 Å². The summed E-state index contributed by atoms with van der Waals surface area (Å²) in [4.78, 5) is 22.4. The predicted molar refractivity (Wildman–Crippen MR) is 99.4 cm³/mol. The van der Waals surface area contributed by atoms with Gasteiger partial charge in [0.2, 0.25) is 15.8 Å². The van der Waals surface area contributed by atoms with Crippen molar-refractivity contribution >= 4 is 21.5 Å². The molecule has 0 radical (unpaired) electrons. The summed E-state index contributed by atoms with van der Waals surface area (Å²) in [6.45, 7) is 3.09. The van der Waals surface area contributed by atoms with Gasteiger partial charge in [0, 0.05) is 19.2 Å². The highest BCUT2D eigenvalue weighted by molar-refractivity contribution is 7.89. The fourth-order valence-corrected chi connectivity index (χ4v) is 4.02. The molecule has 0 saturated carbocycles. The third kappa shape index (κ3) is 4.52. The summed E-state index contributed by atoms with van der Waals surface area (Å²) in [5.74, 6) is -1.72. The van der Waals surface area contributed by atoms with Gasteiger partial charge < -0.3 is 4.74 Å². The lowest BCUT2D eigenvalue weighted by molar-refractivity contribution is -0.386. The SMILES string of the molecule is CCN(CC)S(=O)(=O)c1ccc(OCC(=O)c2ccccc2F)c([N+](=O)[O-])c1. The van der Waals surface area contributed by atoms with Gasteiger partial charge in [-0.15, -0.1) is 0 Å². The molecule has 2 aromatic rings. The smallest absolute Gasteiger partial charge is 0.312 e. The van der Waals surface area contributed by atoms with Crippen LogP contribution >= 0.6 is 0 Å². The molecule has 28 heavy (non-hydrogen) atoms. The Labute approximate surface area is 161 Å². The van der Waals surface area contributed by atoms with Crippen LogP contribution in [-0.4, -0.2) is 43.1 Å². The van der Waals surface area contributed by atoms with E-state index in [1.54, 1.807) is 13.8 Å². The molecule has 0 aliphatic rings. The minimum absolute atomic E-state index is 0.203. The first kappa shape index (κ1) is 21.5. The van der Waals surface area contributed by atoms with Crippen LogP contribution in [0.25, 0.3) is 0 Å². The van der Waals surface area contributed by atoms with Gasteiger partial charge in [-0.05, 0) is 24.3 Å². The van der Waals surface area contributed by atoms with Gasteiger partial charge in [-0.1, -0.05) is 26.0 Å². The Hall–Kier alpha value is -2.85. The first-order valence-electron chi connectivity index (χ1n) is 8.41. The van der Waals surface area contributed by atoms with Crippen LogP contribution < -0.4 is 4.74 Å². The number of nitro benzene ring substituents is 1. The number of benzene rings is 2. The van der Waals surface area contributed by atoms with Gasteiger partial charge in [0.25, 0.3) is 0 Å². The number of Topliss-reactive ketones (excluding diaryl/α,β-unsaturated/α-hetero) is 1. The Balaban J connectivity index is 2.30. The Morgan fingerprint density at radius 1 is 1.18 bits per heavy atom.